The number of halogens is 4. The molecular formula is C15H12F4N4O2. The van der Waals surface area contributed by atoms with Crippen LogP contribution in [0.25, 0.3) is 16.9 Å². The fourth-order valence-electron chi connectivity index (χ4n) is 2.24. The third kappa shape index (κ3) is 3.06. The third-order valence-electron chi connectivity index (χ3n) is 3.63. The van der Waals surface area contributed by atoms with Crippen LogP contribution in [0.3, 0.4) is 0 Å². The first kappa shape index (κ1) is 16.9. The molecule has 1 atom stereocenters. The Kier molecular flexibility index (Phi) is 3.97. The van der Waals surface area contributed by atoms with Gasteiger partial charge in [-0.2, -0.15) is 22.7 Å². The molecule has 0 aliphatic rings. The Labute approximate surface area is 138 Å². The molecule has 0 saturated heterocycles. The minimum Gasteiger partial charge on any atom is -0.439 e. The van der Waals surface area contributed by atoms with Gasteiger partial charge in [0.2, 0.25) is 0 Å². The van der Waals surface area contributed by atoms with E-state index in [1.54, 1.807) is 6.92 Å². The number of amides is 1. The molecule has 3 aromatic rings. The third-order valence-corrected chi connectivity index (χ3v) is 3.63. The summed E-state index contributed by atoms with van der Waals surface area (Å²) in [5, 5.41) is 5.80. The molecule has 0 aliphatic carbocycles. The summed E-state index contributed by atoms with van der Waals surface area (Å²) in [5.41, 5.74) is 0.632. The molecule has 1 N–H and O–H groups in total. The summed E-state index contributed by atoms with van der Waals surface area (Å²) in [6, 6.07) is -0.0124. The van der Waals surface area contributed by atoms with Crippen molar-refractivity contribution in [1.29, 1.82) is 0 Å². The van der Waals surface area contributed by atoms with Crippen LogP contribution in [0.15, 0.2) is 29.0 Å². The quantitative estimate of drug-likeness (QED) is 0.732. The van der Waals surface area contributed by atoms with Gasteiger partial charge in [-0.15, -0.1) is 0 Å². The van der Waals surface area contributed by atoms with Crippen LogP contribution >= 0.6 is 0 Å². The van der Waals surface area contributed by atoms with E-state index in [2.05, 4.69) is 14.5 Å². The van der Waals surface area contributed by atoms with Gasteiger partial charge in [0, 0.05) is 5.69 Å². The Morgan fingerprint density at radius 2 is 2.12 bits per heavy atom. The van der Waals surface area contributed by atoms with E-state index in [4.69, 9.17) is 0 Å². The molecule has 3 heterocycles. The first-order valence-corrected chi connectivity index (χ1v) is 7.15. The van der Waals surface area contributed by atoms with Gasteiger partial charge in [-0.05, 0) is 26.0 Å². The Morgan fingerprint density at radius 3 is 2.72 bits per heavy atom. The topological polar surface area (TPSA) is 72.4 Å². The highest BCUT2D eigenvalue weighted by molar-refractivity contribution is 6.00. The summed E-state index contributed by atoms with van der Waals surface area (Å²) < 4.78 is 57.4. The average molecular weight is 356 g/mol. The highest BCUT2D eigenvalue weighted by Crippen LogP contribution is 2.25. The lowest BCUT2D eigenvalue weighted by Gasteiger charge is -2.16. The molecule has 0 unspecified atom stereocenters. The summed E-state index contributed by atoms with van der Waals surface area (Å²) in [6.45, 7) is 2.47. The van der Waals surface area contributed by atoms with Gasteiger partial charge in [-0.25, -0.2) is 9.50 Å². The number of fused-ring (bicyclic) bond motifs is 1. The molecule has 0 radical (unpaired) electrons. The van der Waals surface area contributed by atoms with E-state index in [0.29, 0.717) is 5.69 Å². The van der Waals surface area contributed by atoms with Crippen molar-refractivity contribution in [3.05, 3.63) is 41.9 Å². The molecule has 0 saturated carbocycles. The zero-order valence-electron chi connectivity index (χ0n) is 13.1. The highest BCUT2D eigenvalue weighted by Gasteiger charge is 2.37. The molecule has 0 bridgehead atoms. The van der Waals surface area contributed by atoms with Crippen molar-refractivity contribution < 1.29 is 26.8 Å². The van der Waals surface area contributed by atoms with E-state index in [0.717, 1.165) is 19.4 Å². The van der Waals surface area contributed by atoms with Crippen LogP contribution in [0.1, 0.15) is 23.0 Å². The molecule has 0 aromatic carbocycles. The number of hydrogen-bond donors (Lipinski definition) is 1. The van der Waals surface area contributed by atoms with Crippen LogP contribution in [0, 0.1) is 12.9 Å². The molecule has 10 heteroatoms. The second-order valence-electron chi connectivity index (χ2n) is 5.42. The number of furan rings is 1. The number of rotatable bonds is 3. The van der Waals surface area contributed by atoms with Crippen LogP contribution in [0.2, 0.25) is 0 Å². The molecule has 3 aromatic heterocycles. The summed E-state index contributed by atoms with van der Waals surface area (Å²) in [7, 11) is 0. The largest absolute Gasteiger partial charge is 0.439 e. The maximum absolute atomic E-state index is 13.6. The molecule has 3 rings (SSSR count). The van der Waals surface area contributed by atoms with E-state index >= 15 is 0 Å². The lowest BCUT2D eigenvalue weighted by Crippen LogP contribution is -2.43. The SMILES string of the molecule is Cc1cc(-c2ccoc2F)nc2c(C(=O)N[C@H](C)C(F)(F)F)cnn12. The molecule has 0 aliphatic heterocycles. The molecule has 1 amide bonds. The number of hydrogen-bond acceptors (Lipinski definition) is 4. The van der Waals surface area contributed by atoms with Crippen molar-refractivity contribution in [2.75, 3.05) is 0 Å². The summed E-state index contributed by atoms with van der Waals surface area (Å²) in [5.74, 6) is -0.975. The van der Waals surface area contributed by atoms with Crippen molar-refractivity contribution in [3.8, 4) is 11.3 Å². The van der Waals surface area contributed by atoms with Gasteiger partial charge < -0.3 is 9.73 Å². The van der Waals surface area contributed by atoms with Crippen molar-refractivity contribution in [2.45, 2.75) is 26.1 Å². The first-order valence-electron chi connectivity index (χ1n) is 7.15. The maximum atomic E-state index is 13.6. The molecule has 0 fully saturated rings. The van der Waals surface area contributed by atoms with Crippen LogP contribution in [-0.4, -0.2) is 32.7 Å². The van der Waals surface area contributed by atoms with Crippen LogP contribution < -0.4 is 5.32 Å². The van der Waals surface area contributed by atoms with Gasteiger partial charge in [0.15, 0.2) is 5.65 Å². The molecule has 25 heavy (non-hydrogen) atoms. The monoisotopic (exact) mass is 356 g/mol. The Balaban J connectivity index is 2.04. The lowest BCUT2D eigenvalue weighted by atomic mass is 10.2. The number of nitrogens with zero attached hydrogens (tertiary/aromatic N) is 3. The maximum Gasteiger partial charge on any atom is 0.408 e. The number of alkyl halides is 3. The lowest BCUT2D eigenvalue weighted by molar-refractivity contribution is -0.149. The molecule has 132 valence electrons. The van der Waals surface area contributed by atoms with Crippen LogP contribution in [0.5, 0.6) is 0 Å². The van der Waals surface area contributed by atoms with Crippen molar-refractivity contribution in [1.82, 2.24) is 19.9 Å². The zero-order valence-corrected chi connectivity index (χ0v) is 13.1. The zero-order chi connectivity index (χ0) is 18.4. The predicted molar refractivity (Wildman–Crippen MR) is 78.4 cm³/mol. The molecule has 6 nitrogen and oxygen atoms in total. The van der Waals surface area contributed by atoms with Gasteiger partial charge in [0.1, 0.15) is 11.6 Å². The van der Waals surface area contributed by atoms with E-state index in [1.165, 1.54) is 16.6 Å². The molecule has 0 spiro atoms. The highest BCUT2D eigenvalue weighted by atomic mass is 19.4. The second kappa shape index (κ2) is 5.87. The van der Waals surface area contributed by atoms with Crippen LogP contribution in [-0.2, 0) is 0 Å². The van der Waals surface area contributed by atoms with Gasteiger partial charge in [-0.3, -0.25) is 4.79 Å². The minimum atomic E-state index is -4.58. The normalized spacial score (nSPS) is 13.2. The van der Waals surface area contributed by atoms with E-state index in [9.17, 15) is 22.4 Å². The number of aromatic nitrogens is 3. The van der Waals surface area contributed by atoms with Crippen molar-refractivity contribution in [3.63, 3.8) is 0 Å². The van der Waals surface area contributed by atoms with Gasteiger partial charge in [0.25, 0.3) is 11.9 Å². The Bertz CT molecular complexity index is 945. The van der Waals surface area contributed by atoms with E-state index < -0.39 is 24.1 Å². The van der Waals surface area contributed by atoms with Crippen molar-refractivity contribution >= 4 is 11.6 Å². The van der Waals surface area contributed by atoms with Gasteiger partial charge >= 0.3 is 6.18 Å². The van der Waals surface area contributed by atoms with Gasteiger partial charge in [-0.1, -0.05) is 0 Å². The fourth-order valence-corrected chi connectivity index (χ4v) is 2.24. The predicted octanol–water partition coefficient (Wildman–Crippen LogP) is 3.12. The minimum absolute atomic E-state index is 0.0162. The fraction of sp³-hybridized carbons (Fsp3) is 0.267. The number of carbonyl (C=O) groups excluding carboxylic acids is 1. The molecular weight excluding hydrogens is 344 g/mol. The first-order chi connectivity index (χ1) is 11.7. The second-order valence-corrected chi connectivity index (χ2v) is 5.42. The smallest absolute Gasteiger partial charge is 0.408 e. The summed E-state index contributed by atoms with van der Waals surface area (Å²) in [4.78, 5) is 16.3. The van der Waals surface area contributed by atoms with Crippen molar-refractivity contribution in [2.24, 2.45) is 0 Å². The Hall–Kier alpha value is -2.91. The number of nitrogens with one attached hydrogen (secondary N) is 1. The van der Waals surface area contributed by atoms with Gasteiger partial charge in [0.05, 0.1) is 23.7 Å². The average Bonchev–Trinajstić information content (AvgIpc) is 3.12. The summed E-state index contributed by atoms with van der Waals surface area (Å²) >= 11 is 0. The number of carbonyl (C=O) groups is 1. The summed E-state index contributed by atoms with van der Waals surface area (Å²) in [6.07, 6.45) is -2.32. The standard InChI is InChI=1S/C15H12F4N4O2/c1-7-5-11(9-3-4-25-12(9)16)22-13-10(6-20-23(7)13)14(24)21-8(2)15(17,18)19/h3-6,8H,1-2H3,(H,21,24)/t8-/m1/s1. The van der Waals surface area contributed by atoms with Crippen LogP contribution in [0.4, 0.5) is 17.6 Å². The van der Waals surface area contributed by atoms with E-state index in [-0.39, 0.29) is 22.5 Å². The van der Waals surface area contributed by atoms with E-state index in [1.807, 2.05) is 5.32 Å². The number of aryl methyl sites for hydroxylation is 1. The Morgan fingerprint density at radius 1 is 1.40 bits per heavy atom.